The van der Waals surface area contributed by atoms with Crippen molar-refractivity contribution in [1.29, 1.82) is 0 Å². The molecule has 2 N–H and O–H groups in total. The molecule has 6 nitrogen and oxygen atoms in total. The first-order valence-corrected chi connectivity index (χ1v) is 3.68. The topological polar surface area (TPSA) is 115 Å². The van der Waals surface area contributed by atoms with Crippen molar-refractivity contribution in [1.82, 2.24) is 0 Å². The van der Waals surface area contributed by atoms with Crippen molar-refractivity contribution >= 4 is 17.9 Å². The molecule has 0 radical (unpaired) electrons. The Balaban J connectivity index is 0. The smallest absolute Gasteiger partial charge is 0.331 e. The lowest BCUT2D eigenvalue weighted by Crippen LogP contribution is -2.22. The molecule has 0 aromatic rings. The van der Waals surface area contributed by atoms with E-state index in [2.05, 4.69) is 13.2 Å². The second kappa shape index (κ2) is 7.31. The number of carboxylic acid groups (broad SMARTS) is 3. The van der Waals surface area contributed by atoms with Gasteiger partial charge in [-0.1, -0.05) is 13.2 Å². The molecule has 6 heteroatoms. The monoisotopic (exact) mass is 215 g/mol. The number of hydrogen-bond donors (Lipinski definition) is 2. The average Bonchev–Trinajstić information content (AvgIpc) is 2.03. The van der Waals surface area contributed by atoms with Gasteiger partial charge in [0.15, 0.2) is 0 Å². The van der Waals surface area contributed by atoms with Gasteiger partial charge in [-0.2, -0.15) is 0 Å². The Morgan fingerprint density at radius 2 is 1.53 bits per heavy atom. The summed E-state index contributed by atoms with van der Waals surface area (Å²) in [7, 11) is 0. The van der Waals surface area contributed by atoms with Crippen LogP contribution in [0.4, 0.5) is 0 Å². The molecule has 0 aliphatic rings. The van der Waals surface area contributed by atoms with Crippen LogP contribution in [0.15, 0.2) is 24.3 Å². The van der Waals surface area contributed by atoms with Gasteiger partial charge in [-0.25, -0.2) is 4.79 Å². The first-order chi connectivity index (χ1) is 6.68. The SMILES string of the molecule is C=C(C)C(=O)[O-].C=C(CC(=O)O)C(=O)O. The van der Waals surface area contributed by atoms with Crippen molar-refractivity contribution in [3.63, 3.8) is 0 Å². The van der Waals surface area contributed by atoms with E-state index >= 15 is 0 Å². The molecule has 0 aromatic carbocycles. The highest BCUT2D eigenvalue weighted by Gasteiger charge is 2.07. The Morgan fingerprint density at radius 1 is 1.20 bits per heavy atom. The van der Waals surface area contributed by atoms with Gasteiger partial charge in [0.05, 0.1) is 12.4 Å². The highest BCUT2D eigenvalue weighted by molar-refractivity contribution is 5.91. The maximum absolute atomic E-state index is 9.87. The molecule has 15 heavy (non-hydrogen) atoms. The lowest BCUT2D eigenvalue weighted by molar-refractivity contribution is -0.299. The van der Waals surface area contributed by atoms with Gasteiger partial charge in [0, 0.05) is 5.57 Å². The fraction of sp³-hybridized carbons (Fsp3) is 0.222. The maximum Gasteiger partial charge on any atom is 0.331 e. The summed E-state index contributed by atoms with van der Waals surface area (Å²) in [5.41, 5.74) is -0.238. The zero-order valence-electron chi connectivity index (χ0n) is 8.15. The van der Waals surface area contributed by atoms with Crippen LogP contribution in [0.1, 0.15) is 13.3 Å². The molecule has 84 valence electrons. The van der Waals surface area contributed by atoms with Crippen LogP contribution in [0.25, 0.3) is 0 Å². The van der Waals surface area contributed by atoms with Crippen molar-refractivity contribution in [2.75, 3.05) is 0 Å². The largest absolute Gasteiger partial charge is 0.545 e. The molecular formula is C9H11O6-. The minimum atomic E-state index is -1.27. The Kier molecular flexibility index (Phi) is 7.49. The Morgan fingerprint density at radius 3 is 1.60 bits per heavy atom. The van der Waals surface area contributed by atoms with Crippen molar-refractivity contribution in [2.24, 2.45) is 0 Å². The predicted octanol–water partition coefficient (Wildman–Crippen LogP) is -0.586. The summed E-state index contributed by atoms with van der Waals surface area (Å²) in [6.07, 6.45) is -0.505. The van der Waals surface area contributed by atoms with Gasteiger partial charge in [-0.3, -0.25) is 4.79 Å². The van der Waals surface area contributed by atoms with Gasteiger partial charge < -0.3 is 20.1 Å². The predicted molar refractivity (Wildman–Crippen MR) is 48.8 cm³/mol. The summed E-state index contributed by atoms with van der Waals surface area (Å²) >= 11 is 0. The Bertz CT molecular complexity index is 290. The first kappa shape index (κ1) is 15.4. The molecule has 0 atom stereocenters. The van der Waals surface area contributed by atoms with Gasteiger partial charge in [-0.05, 0) is 12.5 Å². The summed E-state index contributed by atoms with van der Waals surface area (Å²) < 4.78 is 0. The van der Waals surface area contributed by atoms with Crippen LogP contribution in [-0.2, 0) is 14.4 Å². The normalized spacial score (nSPS) is 8.07. The molecule has 0 bridgehead atoms. The second-order valence-electron chi connectivity index (χ2n) is 2.55. The number of hydrogen-bond acceptors (Lipinski definition) is 4. The Hall–Kier alpha value is -2.11. The van der Waals surface area contributed by atoms with Crippen molar-refractivity contribution in [2.45, 2.75) is 13.3 Å². The quantitative estimate of drug-likeness (QED) is 0.606. The van der Waals surface area contributed by atoms with Crippen LogP contribution < -0.4 is 5.11 Å². The van der Waals surface area contributed by atoms with Crippen molar-refractivity contribution in [3.8, 4) is 0 Å². The summed E-state index contributed by atoms with van der Waals surface area (Å²) in [5, 5.41) is 25.6. The fourth-order valence-corrected chi connectivity index (χ4v) is 0.258. The number of carbonyl (C=O) groups excluding carboxylic acids is 1. The van der Waals surface area contributed by atoms with Crippen LogP contribution in [0.3, 0.4) is 0 Å². The van der Waals surface area contributed by atoms with Crippen molar-refractivity contribution < 1.29 is 29.7 Å². The van der Waals surface area contributed by atoms with Crippen LogP contribution in [0.5, 0.6) is 0 Å². The maximum atomic E-state index is 9.87. The third-order valence-corrected chi connectivity index (χ3v) is 1.02. The van der Waals surface area contributed by atoms with Crippen LogP contribution in [-0.4, -0.2) is 28.1 Å². The number of carbonyl (C=O) groups is 3. The molecular weight excluding hydrogens is 204 g/mol. The molecule has 0 saturated carbocycles. The molecule has 0 amide bonds. The van der Waals surface area contributed by atoms with E-state index in [1.54, 1.807) is 0 Å². The Labute approximate surface area is 86.2 Å². The van der Waals surface area contributed by atoms with Crippen molar-refractivity contribution in [3.05, 3.63) is 24.3 Å². The molecule has 0 fully saturated rings. The molecule has 0 rings (SSSR count). The zero-order valence-corrected chi connectivity index (χ0v) is 8.15. The van der Waals surface area contributed by atoms with E-state index in [9.17, 15) is 19.5 Å². The minimum absolute atomic E-state index is 0.0648. The van der Waals surface area contributed by atoms with Crippen LogP contribution in [0, 0.1) is 0 Å². The van der Waals surface area contributed by atoms with E-state index in [0.717, 1.165) is 0 Å². The third-order valence-electron chi connectivity index (χ3n) is 1.02. The summed E-state index contributed by atoms with van der Waals surface area (Å²) in [6.45, 7) is 7.49. The van der Waals surface area contributed by atoms with E-state index in [1.165, 1.54) is 6.92 Å². The van der Waals surface area contributed by atoms with Crippen LogP contribution >= 0.6 is 0 Å². The molecule has 0 aromatic heterocycles. The highest BCUT2D eigenvalue weighted by atomic mass is 16.4. The van der Waals surface area contributed by atoms with Gasteiger partial charge in [-0.15, -0.1) is 0 Å². The molecule has 0 spiro atoms. The lowest BCUT2D eigenvalue weighted by atomic mass is 10.2. The minimum Gasteiger partial charge on any atom is -0.545 e. The molecule has 0 unspecified atom stereocenters. The second-order valence-corrected chi connectivity index (χ2v) is 2.55. The summed E-state index contributed by atoms with van der Waals surface area (Å²) in [6, 6.07) is 0. The molecule has 0 aliphatic carbocycles. The van der Waals surface area contributed by atoms with E-state index in [4.69, 9.17) is 10.2 Å². The van der Waals surface area contributed by atoms with E-state index in [0.29, 0.717) is 0 Å². The first-order valence-electron chi connectivity index (χ1n) is 3.68. The molecule has 0 aliphatic heterocycles. The van der Waals surface area contributed by atoms with E-state index in [-0.39, 0.29) is 11.1 Å². The van der Waals surface area contributed by atoms with E-state index < -0.39 is 24.3 Å². The van der Waals surface area contributed by atoms with Crippen LogP contribution in [0.2, 0.25) is 0 Å². The molecule has 0 heterocycles. The van der Waals surface area contributed by atoms with Gasteiger partial charge in [0.2, 0.25) is 0 Å². The average molecular weight is 215 g/mol. The third kappa shape index (κ3) is 11.9. The lowest BCUT2D eigenvalue weighted by Gasteiger charge is -1.93. The summed E-state index contributed by atoms with van der Waals surface area (Å²) in [5.74, 6) is -3.63. The highest BCUT2D eigenvalue weighted by Crippen LogP contribution is 1.95. The van der Waals surface area contributed by atoms with Gasteiger partial charge >= 0.3 is 11.9 Å². The number of aliphatic carboxylic acids is 3. The molecule has 0 saturated heterocycles. The van der Waals surface area contributed by atoms with E-state index in [1.807, 2.05) is 0 Å². The van der Waals surface area contributed by atoms with Gasteiger partial charge in [0.25, 0.3) is 0 Å². The number of rotatable bonds is 4. The standard InChI is InChI=1S/C5H6O4.C4H6O2/c1-3(5(8)9)2-4(6)7;1-3(2)4(5)6/h1-2H2,(H,6,7)(H,8,9);1H2,2H3,(H,5,6)/p-1. The van der Waals surface area contributed by atoms with Gasteiger partial charge in [0.1, 0.15) is 0 Å². The number of carboxylic acids is 3. The summed E-state index contributed by atoms with van der Waals surface area (Å²) in [4.78, 5) is 29.2. The fourth-order valence-electron chi connectivity index (χ4n) is 0.258. The zero-order chi connectivity index (χ0) is 12.6.